The lowest BCUT2D eigenvalue weighted by Crippen LogP contribution is -2.46. The van der Waals surface area contributed by atoms with E-state index in [0.29, 0.717) is 50.0 Å². The first-order chi connectivity index (χ1) is 13.5. The average Bonchev–Trinajstić information content (AvgIpc) is 2.70. The van der Waals surface area contributed by atoms with Crippen molar-refractivity contribution in [2.75, 3.05) is 54.7 Å². The van der Waals surface area contributed by atoms with Gasteiger partial charge in [-0.3, -0.25) is 4.90 Å². The molecular formula is C21H35NO6. The van der Waals surface area contributed by atoms with Gasteiger partial charge >= 0.3 is 5.97 Å². The molecule has 0 fully saturated rings. The first kappa shape index (κ1) is 24.2. The van der Waals surface area contributed by atoms with Gasteiger partial charge in [-0.25, -0.2) is 4.79 Å². The minimum atomic E-state index is -0.402. The molecule has 0 radical (unpaired) electrons. The largest absolute Gasteiger partial charge is 0.493 e. The minimum absolute atomic E-state index is 0.306. The predicted molar refractivity (Wildman–Crippen MR) is 109 cm³/mol. The second-order valence-electron chi connectivity index (χ2n) is 6.60. The molecule has 1 unspecified atom stereocenters. The van der Waals surface area contributed by atoms with Crippen molar-refractivity contribution in [2.24, 2.45) is 0 Å². The first-order valence-corrected chi connectivity index (χ1v) is 9.68. The molecule has 0 heterocycles. The molecule has 7 heteroatoms. The molecule has 160 valence electrons. The Balaban J connectivity index is 3.12. The van der Waals surface area contributed by atoms with E-state index in [2.05, 4.69) is 11.8 Å². The molecular weight excluding hydrogens is 362 g/mol. The van der Waals surface area contributed by atoms with Gasteiger partial charge < -0.3 is 23.7 Å². The Morgan fingerprint density at radius 2 is 1.54 bits per heavy atom. The maximum absolute atomic E-state index is 13.2. The molecule has 0 aromatic heterocycles. The van der Waals surface area contributed by atoms with Gasteiger partial charge in [0.1, 0.15) is 6.04 Å². The van der Waals surface area contributed by atoms with E-state index in [0.717, 1.165) is 18.4 Å². The lowest BCUT2D eigenvalue weighted by molar-refractivity contribution is -0.141. The number of benzene rings is 1. The number of carbonyl (C=O) groups excluding carboxylic acids is 1. The van der Waals surface area contributed by atoms with E-state index in [-0.39, 0.29) is 5.97 Å². The molecule has 1 atom stereocenters. The Morgan fingerprint density at radius 3 is 1.96 bits per heavy atom. The third kappa shape index (κ3) is 7.30. The molecule has 0 amide bonds. The average molecular weight is 398 g/mol. The monoisotopic (exact) mass is 397 g/mol. The molecule has 0 saturated heterocycles. The van der Waals surface area contributed by atoms with E-state index in [1.54, 1.807) is 28.4 Å². The summed E-state index contributed by atoms with van der Waals surface area (Å²) in [6, 6.07) is 3.24. The van der Waals surface area contributed by atoms with Gasteiger partial charge in [0.2, 0.25) is 5.75 Å². The molecule has 0 aliphatic rings. The van der Waals surface area contributed by atoms with Gasteiger partial charge in [-0.2, -0.15) is 0 Å². The van der Waals surface area contributed by atoms with Crippen LogP contribution in [0.4, 0.5) is 0 Å². The topological polar surface area (TPSA) is 66.5 Å². The zero-order valence-corrected chi connectivity index (χ0v) is 18.1. The van der Waals surface area contributed by atoms with Gasteiger partial charge in [-0.1, -0.05) is 19.8 Å². The number of hydrogen-bond acceptors (Lipinski definition) is 7. The van der Waals surface area contributed by atoms with Gasteiger partial charge in [0.15, 0.2) is 11.5 Å². The molecule has 0 spiro atoms. The first-order valence-electron chi connectivity index (χ1n) is 9.68. The quantitative estimate of drug-likeness (QED) is 0.353. The van der Waals surface area contributed by atoms with Crippen LogP contribution >= 0.6 is 0 Å². The zero-order valence-electron chi connectivity index (χ0n) is 18.1. The third-order valence-corrected chi connectivity index (χ3v) is 4.52. The zero-order chi connectivity index (χ0) is 20.9. The van der Waals surface area contributed by atoms with Crippen molar-refractivity contribution in [3.05, 3.63) is 17.7 Å². The van der Waals surface area contributed by atoms with E-state index in [9.17, 15) is 4.79 Å². The fraction of sp³-hybridized carbons (Fsp3) is 0.667. The van der Waals surface area contributed by atoms with Crippen LogP contribution < -0.4 is 14.2 Å². The Bertz CT molecular complexity index is 559. The van der Waals surface area contributed by atoms with Crippen LogP contribution in [0, 0.1) is 6.92 Å². The van der Waals surface area contributed by atoms with E-state index in [1.807, 2.05) is 19.1 Å². The third-order valence-electron chi connectivity index (χ3n) is 4.52. The van der Waals surface area contributed by atoms with E-state index < -0.39 is 6.04 Å². The minimum Gasteiger partial charge on any atom is -0.493 e. The van der Waals surface area contributed by atoms with Crippen LogP contribution in [0.5, 0.6) is 17.2 Å². The van der Waals surface area contributed by atoms with Gasteiger partial charge in [0.05, 0.1) is 27.4 Å². The SMILES string of the molecule is CCCCC(C(=O)Oc1c(OC)cc(C)cc1OC)N(CCOC)CCOC. The summed E-state index contributed by atoms with van der Waals surface area (Å²) in [6.45, 7) is 6.31. The number of rotatable bonds is 14. The predicted octanol–water partition coefficient (Wildman–Crippen LogP) is 3.07. The Kier molecular flexibility index (Phi) is 11.6. The van der Waals surface area contributed by atoms with Crippen LogP contribution in [0.3, 0.4) is 0 Å². The Hall–Kier alpha value is -1.83. The fourth-order valence-electron chi connectivity index (χ4n) is 2.97. The van der Waals surface area contributed by atoms with E-state index in [4.69, 9.17) is 23.7 Å². The van der Waals surface area contributed by atoms with Gasteiger partial charge in [-0.15, -0.1) is 0 Å². The van der Waals surface area contributed by atoms with Gasteiger partial charge in [0.25, 0.3) is 0 Å². The molecule has 0 saturated carbocycles. The lowest BCUT2D eigenvalue weighted by atomic mass is 10.1. The van der Waals surface area contributed by atoms with Crippen LogP contribution in [0.2, 0.25) is 0 Å². The number of aryl methyl sites for hydroxylation is 1. The summed E-state index contributed by atoms with van der Waals surface area (Å²) in [5.41, 5.74) is 0.956. The van der Waals surface area contributed by atoms with Gasteiger partial charge in [0, 0.05) is 27.3 Å². The van der Waals surface area contributed by atoms with Crippen molar-refractivity contribution in [1.29, 1.82) is 0 Å². The molecule has 0 aliphatic heterocycles. The van der Waals surface area contributed by atoms with Crippen molar-refractivity contribution >= 4 is 5.97 Å². The second-order valence-corrected chi connectivity index (χ2v) is 6.60. The smallest absolute Gasteiger partial charge is 0.329 e. The number of methoxy groups -OCH3 is 4. The van der Waals surface area contributed by atoms with E-state index in [1.165, 1.54) is 0 Å². The number of hydrogen-bond donors (Lipinski definition) is 0. The van der Waals surface area contributed by atoms with Crippen LogP contribution in [0.1, 0.15) is 31.7 Å². The number of unbranched alkanes of at least 4 members (excludes halogenated alkanes) is 1. The van der Waals surface area contributed by atoms with Crippen molar-refractivity contribution < 1.29 is 28.5 Å². The van der Waals surface area contributed by atoms with Crippen LogP contribution in [0.25, 0.3) is 0 Å². The number of ether oxygens (including phenoxy) is 5. The molecule has 1 rings (SSSR count). The molecule has 1 aromatic rings. The maximum atomic E-state index is 13.2. The highest BCUT2D eigenvalue weighted by molar-refractivity contribution is 5.80. The molecule has 28 heavy (non-hydrogen) atoms. The standard InChI is InChI=1S/C21H35NO6/c1-7-8-9-17(22(10-12-24-3)11-13-25-4)21(23)28-20-18(26-5)14-16(2)15-19(20)27-6/h14-15,17H,7-13H2,1-6H3. The molecule has 0 N–H and O–H groups in total. The van der Waals surface area contributed by atoms with Crippen molar-refractivity contribution in [3.8, 4) is 17.2 Å². The highest BCUT2D eigenvalue weighted by atomic mass is 16.6. The lowest BCUT2D eigenvalue weighted by Gasteiger charge is -2.30. The maximum Gasteiger partial charge on any atom is 0.329 e. The summed E-state index contributed by atoms with van der Waals surface area (Å²) in [7, 11) is 6.39. The number of carbonyl (C=O) groups is 1. The normalized spacial score (nSPS) is 12.1. The molecule has 0 bridgehead atoms. The van der Waals surface area contributed by atoms with Crippen molar-refractivity contribution in [2.45, 2.75) is 39.2 Å². The Labute approximate surface area is 168 Å². The fourth-order valence-corrected chi connectivity index (χ4v) is 2.97. The summed E-state index contributed by atoms with van der Waals surface area (Å²) < 4.78 is 27.1. The van der Waals surface area contributed by atoms with Crippen LogP contribution in [-0.4, -0.2) is 71.7 Å². The number of nitrogens with zero attached hydrogens (tertiary/aromatic N) is 1. The van der Waals surface area contributed by atoms with E-state index >= 15 is 0 Å². The van der Waals surface area contributed by atoms with Crippen LogP contribution in [0.15, 0.2) is 12.1 Å². The van der Waals surface area contributed by atoms with Crippen molar-refractivity contribution in [1.82, 2.24) is 4.90 Å². The second kappa shape index (κ2) is 13.4. The summed E-state index contributed by atoms with van der Waals surface area (Å²) >= 11 is 0. The molecule has 7 nitrogen and oxygen atoms in total. The summed E-state index contributed by atoms with van der Waals surface area (Å²) in [6.07, 6.45) is 2.60. The highest BCUT2D eigenvalue weighted by Crippen LogP contribution is 2.38. The highest BCUT2D eigenvalue weighted by Gasteiger charge is 2.29. The Morgan fingerprint density at radius 1 is 1.00 bits per heavy atom. The van der Waals surface area contributed by atoms with Gasteiger partial charge in [-0.05, 0) is 31.0 Å². The summed E-state index contributed by atoms with van der Waals surface area (Å²) in [4.78, 5) is 15.2. The number of esters is 1. The molecule has 1 aromatic carbocycles. The summed E-state index contributed by atoms with van der Waals surface area (Å²) in [5.74, 6) is 0.918. The summed E-state index contributed by atoms with van der Waals surface area (Å²) in [5, 5.41) is 0. The van der Waals surface area contributed by atoms with Crippen LogP contribution in [-0.2, 0) is 14.3 Å². The molecule has 0 aliphatic carbocycles. The van der Waals surface area contributed by atoms with Crippen molar-refractivity contribution in [3.63, 3.8) is 0 Å².